The summed E-state index contributed by atoms with van der Waals surface area (Å²) in [5.41, 5.74) is 7.28. The summed E-state index contributed by atoms with van der Waals surface area (Å²) >= 11 is 1.78. The number of hydrogen-bond acceptors (Lipinski definition) is 3. The Hall–Kier alpha value is -0.830. The van der Waals surface area contributed by atoms with Crippen LogP contribution in [0.5, 0.6) is 0 Å². The molecule has 22 heavy (non-hydrogen) atoms. The number of nitrogens with zero attached hydrogens (tertiary/aromatic N) is 3. The lowest BCUT2D eigenvalue weighted by Crippen LogP contribution is -2.42. The second-order valence-electron chi connectivity index (χ2n) is 5.66. The molecular formula is C15H23IN4OS. The summed E-state index contributed by atoms with van der Waals surface area (Å²) in [7, 11) is 0. The minimum atomic E-state index is 0. The van der Waals surface area contributed by atoms with Crippen LogP contribution in [0.4, 0.5) is 0 Å². The zero-order chi connectivity index (χ0) is 14.7. The quantitative estimate of drug-likeness (QED) is 0.441. The van der Waals surface area contributed by atoms with E-state index >= 15 is 0 Å². The normalized spacial score (nSPS) is 18.6. The van der Waals surface area contributed by atoms with Crippen LogP contribution in [0.15, 0.2) is 16.4 Å². The first-order chi connectivity index (χ1) is 10.2. The number of nitrogens with two attached hydrogens (primary N) is 1. The smallest absolute Gasteiger partial charge is 0.244 e. The largest absolute Gasteiger partial charge is 0.370 e. The van der Waals surface area contributed by atoms with Crippen molar-refractivity contribution >= 4 is 47.2 Å². The standard InChI is InChI=1S/C15H22N4OS.HI/c16-15(18-6-2-1-3-7-18)17-10-14(20)19-8-4-13-12(11-19)5-9-21-13;/h5,9H,1-4,6-8,10-11H2,(H2,16,17);1H. The number of carbonyl (C=O) groups excluding carboxylic acids is 1. The first kappa shape index (κ1) is 17.5. The molecule has 0 unspecified atom stereocenters. The van der Waals surface area contributed by atoms with Gasteiger partial charge in [0.25, 0.3) is 0 Å². The van der Waals surface area contributed by atoms with Gasteiger partial charge in [-0.2, -0.15) is 0 Å². The maximum Gasteiger partial charge on any atom is 0.244 e. The number of halogens is 1. The highest BCUT2D eigenvalue weighted by Crippen LogP contribution is 2.23. The Bertz CT molecular complexity index is 539. The molecule has 0 aromatic carbocycles. The molecule has 1 amide bonds. The first-order valence-electron chi connectivity index (χ1n) is 7.62. The van der Waals surface area contributed by atoms with E-state index in [1.807, 2.05) is 4.90 Å². The van der Waals surface area contributed by atoms with E-state index in [9.17, 15) is 4.79 Å². The topological polar surface area (TPSA) is 61.9 Å². The zero-order valence-electron chi connectivity index (χ0n) is 12.7. The molecule has 0 spiro atoms. The fourth-order valence-corrected chi connectivity index (χ4v) is 3.82. The number of amides is 1. The number of guanidine groups is 1. The number of carbonyl (C=O) groups is 1. The highest BCUT2D eigenvalue weighted by Gasteiger charge is 2.21. The zero-order valence-corrected chi connectivity index (χ0v) is 15.8. The summed E-state index contributed by atoms with van der Waals surface area (Å²) in [6, 6.07) is 2.12. The van der Waals surface area contributed by atoms with Crippen LogP contribution in [0, 0.1) is 0 Å². The van der Waals surface area contributed by atoms with E-state index in [1.54, 1.807) is 11.3 Å². The number of hydrogen-bond donors (Lipinski definition) is 1. The van der Waals surface area contributed by atoms with Crippen LogP contribution in [0.25, 0.3) is 0 Å². The summed E-state index contributed by atoms with van der Waals surface area (Å²) < 4.78 is 0. The SMILES string of the molecule is I.NC(=NCC(=O)N1CCc2sccc2C1)N1CCCCC1. The molecular weight excluding hydrogens is 411 g/mol. The maximum atomic E-state index is 12.3. The van der Waals surface area contributed by atoms with Gasteiger partial charge in [0.05, 0.1) is 0 Å². The van der Waals surface area contributed by atoms with Gasteiger partial charge in [0.15, 0.2) is 5.96 Å². The Morgan fingerprint density at radius 1 is 1.23 bits per heavy atom. The Morgan fingerprint density at radius 2 is 2.00 bits per heavy atom. The molecule has 1 aromatic rings. The molecule has 0 bridgehead atoms. The van der Waals surface area contributed by atoms with E-state index in [4.69, 9.17) is 5.73 Å². The average Bonchev–Trinajstić information content (AvgIpc) is 3.00. The van der Waals surface area contributed by atoms with Crippen LogP contribution in [-0.2, 0) is 17.8 Å². The number of fused-ring (bicyclic) bond motifs is 1. The van der Waals surface area contributed by atoms with Crippen molar-refractivity contribution in [3.05, 3.63) is 21.9 Å². The molecule has 5 nitrogen and oxygen atoms in total. The van der Waals surface area contributed by atoms with E-state index in [2.05, 4.69) is 21.3 Å². The summed E-state index contributed by atoms with van der Waals surface area (Å²) in [5.74, 6) is 0.600. The Balaban J connectivity index is 0.00000176. The van der Waals surface area contributed by atoms with Crippen molar-refractivity contribution in [2.75, 3.05) is 26.2 Å². The van der Waals surface area contributed by atoms with Crippen LogP contribution in [0.3, 0.4) is 0 Å². The number of likely N-dealkylation sites (tertiary alicyclic amines) is 1. The van der Waals surface area contributed by atoms with Gasteiger partial charge in [-0.15, -0.1) is 35.3 Å². The molecule has 0 radical (unpaired) electrons. The van der Waals surface area contributed by atoms with Gasteiger partial charge < -0.3 is 15.5 Å². The van der Waals surface area contributed by atoms with Gasteiger partial charge in [-0.25, -0.2) is 4.99 Å². The van der Waals surface area contributed by atoms with Crippen molar-refractivity contribution in [1.29, 1.82) is 0 Å². The molecule has 0 saturated carbocycles. The fraction of sp³-hybridized carbons (Fsp3) is 0.600. The number of thiophene rings is 1. The number of aliphatic imine (C=N–C) groups is 1. The van der Waals surface area contributed by atoms with Crippen molar-refractivity contribution in [2.24, 2.45) is 10.7 Å². The highest BCUT2D eigenvalue weighted by atomic mass is 127. The van der Waals surface area contributed by atoms with E-state index in [0.717, 1.165) is 45.4 Å². The molecule has 2 aliphatic heterocycles. The van der Waals surface area contributed by atoms with Crippen molar-refractivity contribution in [3.63, 3.8) is 0 Å². The molecule has 1 saturated heterocycles. The Labute approximate surface area is 152 Å². The monoisotopic (exact) mass is 434 g/mol. The molecule has 1 fully saturated rings. The number of piperidine rings is 1. The van der Waals surface area contributed by atoms with E-state index < -0.39 is 0 Å². The lowest BCUT2D eigenvalue weighted by Gasteiger charge is -2.28. The van der Waals surface area contributed by atoms with E-state index in [0.29, 0.717) is 5.96 Å². The van der Waals surface area contributed by atoms with Crippen molar-refractivity contribution < 1.29 is 4.79 Å². The van der Waals surface area contributed by atoms with Crippen LogP contribution in [0.2, 0.25) is 0 Å². The van der Waals surface area contributed by atoms with Crippen LogP contribution in [0.1, 0.15) is 29.7 Å². The number of rotatable bonds is 2. The molecule has 7 heteroatoms. The molecule has 3 rings (SSSR count). The summed E-state index contributed by atoms with van der Waals surface area (Å²) in [4.78, 5) is 22.0. The van der Waals surface area contributed by atoms with Gasteiger partial charge in [-0.3, -0.25) is 4.79 Å². The third-order valence-electron chi connectivity index (χ3n) is 4.22. The summed E-state index contributed by atoms with van der Waals surface area (Å²) in [5, 5.41) is 2.10. The predicted molar refractivity (Wildman–Crippen MR) is 101 cm³/mol. The van der Waals surface area contributed by atoms with Gasteiger partial charge in [-0.1, -0.05) is 0 Å². The van der Waals surface area contributed by atoms with E-state index in [-0.39, 0.29) is 36.4 Å². The second-order valence-corrected chi connectivity index (χ2v) is 6.66. The second kappa shape index (κ2) is 8.14. The first-order valence-corrected chi connectivity index (χ1v) is 8.50. The van der Waals surface area contributed by atoms with E-state index in [1.165, 1.54) is 16.9 Å². The molecule has 0 aliphatic carbocycles. The van der Waals surface area contributed by atoms with Gasteiger partial charge in [-0.05, 0) is 42.7 Å². The van der Waals surface area contributed by atoms with Crippen molar-refractivity contribution in [3.8, 4) is 0 Å². The maximum absolute atomic E-state index is 12.3. The predicted octanol–water partition coefficient (Wildman–Crippen LogP) is 2.05. The third kappa shape index (κ3) is 4.13. The summed E-state index contributed by atoms with van der Waals surface area (Å²) in [6.07, 6.45) is 4.55. The lowest BCUT2D eigenvalue weighted by molar-refractivity contribution is -0.130. The highest BCUT2D eigenvalue weighted by molar-refractivity contribution is 14.0. The van der Waals surface area contributed by atoms with Crippen LogP contribution < -0.4 is 5.73 Å². The Kier molecular flexibility index (Phi) is 6.49. The van der Waals surface area contributed by atoms with Gasteiger partial charge in [0, 0.05) is 31.1 Å². The fourth-order valence-electron chi connectivity index (χ4n) is 2.93. The third-order valence-corrected chi connectivity index (χ3v) is 5.24. The molecule has 122 valence electrons. The average molecular weight is 434 g/mol. The van der Waals surface area contributed by atoms with Gasteiger partial charge in [0.2, 0.25) is 5.91 Å². The summed E-state index contributed by atoms with van der Waals surface area (Å²) in [6.45, 7) is 3.61. The molecule has 2 N–H and O–H groups in total. The molecule has 2 aliphatic rings. The van der Waals surface area contributed by atoms with Crippen molar-refractivity contribution in [1.82, 2.24) is 9.80 Å². The molecule has 3 heterocycles. The molecule has 0 atom stereocenters. The van der Waals surface area contributed by atoms with Gasteiger partial charge in [0.1, 0.15) is 6.54 Å². The lowest BCUT2D eigenvalue weighted by atomic mass is 10.1. The van der Waals surface area contributed by atoms with Crippen LogP contribution >= 0.6 is 35.3 Å². The van der Waals surface area contributed by atoms with Crippen LogP contribution in [-0.4, -0.2) is 47.8 Å². The van der Waals surface area contributed by atoms with Gasteiger partial charge >= 0.3 is 0 Å². The van der Waals surface area contributed by atoms with Crippen molar-refractivity contribution in [2.45, 2.75) is 32.2 Å². The molecule has 1 aromatic heterocycles. The minimum Gasteiger partial charge on any atom is -0.370 e. The Morgan fingerprint density at radius 3 is 2.77 bits per heavy atom. The minimum absolute atomic E-state index is 0.